The number of amides is 1. The third kappa shape index (κ3) is 3.46. The van der Waals surface area contributed by atoms with Gasteiger partial charge in [0, 0.05) is 11.3 Å². The predicted molar refractivity (Wildman–Crippen MR) is 79.3 cm³/mol. The number of carbonyl (C=O) groups is 1. The number of benzene rings is 1. The van der Waals surface area contributed by atoms with Crippen molar-refractivity contribution in [1.29, 1.82) is 5.26 Å². The third-order valence-electron chi connectivity index (χ3n) is 2.54. The van der Waals surface area contributed by atoms with Crippen molar-refractivity contribution < 1.29 is 9.18 Å². The number of nitrogens with two attached hydrogens (primary N) is 1. The fraction of sp³-hybridized carbons (Fsp3) is 0.0667. The molecule has 104 valence electrons. The Balaban J connectivity index is 2.23. The highest BCUT2D eigenvalue weighted by Crippen LogP contribution is 2.19. The Hall–Kier alpha value is -2.67. The van der Waals surface area contributed by atoms with E-state index in [0.29, 0.717) is 16.1 Å². The highest BCUT2D eigenvalue weighted by atomic mass is 32.1. The van der Waals surface area contributed by atoms with E-state index in [0.717, 1.165) is 6.07 Å². The Bertz CT molecular complexity index is 780. The van der Waals surface area contributed by atoms with Crippen LogP contribution in [0, 0.1) is 29.0 Å². The number of rotatable bonds is 2. The molecule has 0 saturated carbocycles. The van der Waals surface area contributed by atoms with Gasteiger partial charge in [-0.05, 0) is 29.6 Å². The first kappa shape index (κ1) is 14.7. The van der Waals surface area contributed by atoms with Gasteiger partial charge in [0.05, 0.1) is 12.1 Å². The number of halogens is 1. The van der Waals surface area contributed by atoms with Crippen molar-refractivity contribution in [1.82, 2.24) is 0 Å². The summed E-state index contributed by atoms with van der Waals surface area (Å²) in [6.07, 6.45) is 0. The van der Waals surface area contributed by atoms with Gasteiger partial charge in [-0.15, -0.1) is 11.3 Å². The molecule has 2 aromatic rings. The number of thiophene rings is 1. The van der Waals surface area contributed by atoms with Gasteiger partial charge >= 0.3 is 0 Å². The minimum atomic E-state index is -0.624. The van der Waals surface area contributed by atoms with Gasteiger partial charge in [-0.1, -0.05) is 11.8 Å². The maximum atomic E-state index is 13.2. The van der Waals surface area contributed by atoms with E-state index in [1.807, 2.05) is 0 Å². The second-order valence-electron chi connectivity index (χ2n) is 3.93. The van der Waals surface area contributed by atoms with Gasteiger partial charge in [0.2, 0.25) is 0 Å². The summed E-state index contributed by atoms with van der Waals surface area (Å²) < 4.78 is 13.2. The van der Waals surface area contributed by atoms with Gasteiger partial charge in [0.15, 0.2) is 0 Å². The van der Waals surface area contributed by atoms with Crippen molar-refractivity contribution in [3.05, 3.63) is 51.5 Å². The third-order valence-corrected chi connectivity index (χ3v) is 3.45. The number of nitrogens with one attached hydrogen (secondary N) is 1. The molecule has 0 radical (unpaired) electrons. The molecular weight excluding hydrogens is 289 g/mol. The molecule has 3 N–H and O–H groups in total. The van der Waals surface area contributed by atoms with Crippen LogP contribution in [0.2, 0.25) is 0 Å². The largest absolute Gasteiger partial charge is 0.321 e. The molecule has 0 fully saturated rings. The molecule has 6 heteroatoms. The Labute approximate surface area is 125 Å². The first-order valence-electron chi connectivity index (χ1n) is 5.93. The minimum Gasteiger partial charge on any atom is -0.321 e. The highest BCUT2D eigenvalue weighted by Gasteiger charge is 2.13. The summed E-state index contributed by atoms with van der Waals surface area (Å²) in [6, 6.07) is 7.27. The topological polar surface area (TPSA) is 78.9 Å². The van der Waals surface area contributed by atoms with E-state index >= 15 is 0 Å². The van der Waals surface area contributed by atoms with E-state index in [-0.39, 0.29) is 18.0 Å². The molecule has 0 atom stereocenters. The van der Waals surface area contributed by atoms with Gasteiger partial charge in [-0.25, -0.2) is 4.39 Å². The number of nitrogens with zero attached hydrogens (tertiary/aromatic N) is 1. The second-order valence-corrected chi connectivity index (χ2v) is 4.85. The fourth-order valence-electron chi connectivity index (χ4n) is 1.61. The van der Waals surface area contributed by atoms with Gasteiger partial charge in [0.25, 0.3) is 5.91 Å². The molecule has 0 aliphatic heterocycles. The highest BCUT2D eigenvalue weighted by molar-refractivity contribution is 7.12. The molecule has 0 aliphatic rings. The van der Waals surface area contributed by atoms with E-state index in [1.165, 1.54) is 23.5 Å². The molecule has 1 aromatic carbocycles. The van der Waals surface area contributed by atoms with Gasteiger partial charge < -0.3 is 11.1 Å². The smallest absolute Gasteiger partial charge is 0.267 e. The molecule has 1 heterocycles. The zero-order valence-electron chi connectivity index (χ0n) is 10.8. The lowest BCUT2D eigenvalue weighted by Crippen LogP contribution is -2.11. The van der Waals surface area contributed by atoms with Crippen molar-refractivity contribution in [3.8, 4) is 17.9 Å². The Morgan fingerprint density at radius 2 is 2.19 bits per heavy atom. The zero-order chi connectivity index (χ0) is 15.2. The number of hydrogen-bond donors (Lipinski definition) is 2. The molecule has 1 aromatic heterocycles. The molecule has 0 aliphatic carbocycles. The Morgan fingerprint density at radius 1 is 1.38 bits per heavy atom. The van der Waals surface area contributed by atoms with Gasteiger partial charge in [0.1, 0.15) is 16.8 Å². The van der Waals surface area contributed by atoms with E-state index in [9.17, 15) is 9.18 Å². The summed E-state index contributed by atoms with van der Waals surface area (Å²) in [5.74, 6) is 4.52. The maximum Gasteiger partial charge on any atom is 0.267 e. The van der Waals surface area contributed by atoms with Crippen molar-refractivity contribution in [2.45, 2.75) is 0 Å². The molecule has 0 unspecified atom stereocenters. The lowest BCUT2D eigenvalue weighted by atomic mass is 10.2. The van der Waals surface area contributed by atoms with E-state index in [4.69, 9.17) is 11.0 Å². The van der Waals surface area contributed by atoms with Crippen LogP contribution in [0.1, 0.15) is 20.8 Å². The van der Waals surface area contributed by atoms with Crippen LogP contribution < -0.4 is 11.1 Å². The van der Waals surface area contributed by atoms with Crippen LogP contribution >= 0.6 is 11.3 Å². The number of nitriles is 1. The monoisotopic (exact) mass is 299 g/mol. The van der Waals surface area contributed by atoms with Crippen molar-refractivity contribution in [2.24, 2.45) is 5.73 Å². The fourth-order valence-corrected chi connectivity index (χ4v) is 2.35. The molecular formula is C15H10FN3OS. The summed E-state index contributed by atoms with van der Waals surface area (Å²) in [7, 11) is 0. The molecule has 1 amide bonds. The standard InChI is InChI=1S/C15H10FN3OS/c16-13-4-3-12(8-11(13)9-18)19-15(20)14-10(2-1-6-17)5-7-21-14/h3-5,7-8H,6,17H2,(H,19,20). The quantitative estimate of drug-likeness (QED) is 0.835. The average molecular weight is 299 g/mol. The van der Waals surface area contributed by atoms with Gasteiger partial charge in [-0.2, -0.15) is 5.26 Å². The van der Waals surface area contributed by atoms with Crippen molar-refractivity contribution >= 4 is 22.9 Å². The summed E-state index contributed by atoms with van der Waals surface area (Å²) in [4.78, 5) is 12.6. The summed E-state index contributed by atoms with van der Waals surface area (Å²) >= 11 is 1.25. The Kier molecular flexibility index (Phi) is 4.68. The maximum absolute atomic E-state index is 13.2. The second kappa shape index (κ2) is 6.67. The minimum absolute atomic E-state index is 0.123. The van der Waals surface area contributed by atoms with E-state index in [2.05, 4.69) is 17.2 Å². The van der Waals surface area contributed by atoms with Crippen LogP contribution in [0.5, 0.6) is 0 Å². The lowest BCUT2D eigenvalue weighted by molar-refractivity contribution is 0.103. The Morgan fingerprint density at radius 3 is 2.90 bits per heavy atom. The first-order valence-corrected chi connectivity index (χ1v) is 6.81. The van der Waals surface area contributed by atoms with E-state index in [1.54, 1.807) is 17.5 Å². The van der Waals surface area contributed by atoms with Crippen LogP contribution in [-0.4, -0.2) is 12.5 Å². The SMILES string of the molecule is N#Cc1cc(NC(=O)c2sccc2C#CCN)ccc1F. The van der Waals surface area contributed by atoms with Crippen LogP contribution in [-0.2, 0) is 0 Å². The van der Waals surface area contributed by atoms with Crippen LogP contribution in [0.15, 0.2) is 29.6 Å². The summed E-state index contributed by atoms with van der Waals surface area (Å²) in [5, 5.41) is 13.1. The van der Waals surface area contributed by atoms with Gasteiger partial charge in [-0.3, -0.25) is 4.79 Å². The predicted octanol–water partition coefficient (Wildman–Crippen LogP) is 2.32. The van der Waals surface area contributed by atoms with Crippen LogP contribution in [0.3, 0.4) is 0 Å². The zero-order valence-corrected chi connectivity index (χ0v) is 11.6. The molecule has 21 heavy (non-hydrogen) atoms. The molecule has 0 saturated heterocycles. The van der Waals surface area contributed by atoms with Crippen molar-refractivity contribution in [2.75, 3.05) is 11.9 Å². The average Bonchev–Trinajstić information content (AvgIpc) is 2.95. The first-order chi connectivity index (χ1) is 10.2. The number of hydrogen-bond acceptors (Lipinski definition) is 4. The molecule has 4 nitrogen and oxygen atoms in total. The van der Waals surface area contributed by atoms with Crippen LogP contribution in [0.4, 0.5) is 10.1 Å². The molecule has 0 bridgehead atoms. The summed E-state index contributed by atoms with van der Waals surface area (Å²) in [6.45, 7) is 0.209. The van der Waals surface area contributed by atoms with Crippen molar-refractivity contribution in [3.63, 3.8) is 0 Å². The lowest BCUT2D eigenvalue weighted by Gasteiger charge is -2.05. The summed E-state index contributed by atoms with van der Waals surface area (Å²) in [5.41, 5.74) is 6.12. The molecule has 2 rings (SSSR count). The number of carbonyl (C=O) groups excluding carboxylic acids is 1. The number of anilines is 1. The normalized spacial score (nSPS) is 9.38. The van der Waals surface area contributed by atoms with E-state index < -0.39 is 5.82 Å². The van der Waals surface area contributed by atoms with Crippen LogP contribution in [0.25, 0.3) is 0 Å². The molecule has 0 spiro atoms.